The summed E-state index contributed by atoms with van der Waals surface area (Å²) in [5.41, 5.74) is 2.45. The minimum atomic E-state index is -0.328. The Hall–Kier alpha value is -2.31. The Balaban J connectivity index is 1.57. The molecule has 1 saturated heterocycles. The highest BCUT2D eigenvalue weighted by molar-refractivity contribution is 7.80. The molecule has 5 nitrogen and oxygen atoms in total. The van der Waals surface area contributed by atoms with Gasteiger partial charge in [-0.1, -0.05) is 11.6 Å². The van der Waals surface area contributed by atoms with Crippen LogP contribution in [0.25, 0.3) is 0 Å². The van der Waals surface area contributed by atoms with E-state index in [1.807, 2.05) is 19.1 Å². The smallest absolute Gasteiger partial charge is 0.257 e. The highest BCUT2D eigenvalue weighted by Crippen LogP contribution is 2.26. The van der Waals surface area contributed by atoms with E-state index < -0.39 is 0 Å². The highest BCUT2D eigenvalue weighted by Gasteiger charge is 2.18. The van der Waals surface area contributed by atoms with Crippen molar-refractivity contribution in [1.82, 2.24) is 5.32 Å². The second-order valence-corrected chi connectivity index (χ2v) is 7.89. The summed E-state index contributed by atoms with van der Waals surface area (Å²) >= 11 is 11.4. The first-order valence-electron chi connectivity index (χ1n) is 9.89. The third-order valence-corrected chi connectivity index (χ3v) is 5.48. The minimum Gasteiger partial charge on any atom is -0.492 e. The average Bonchev–Trinajstić information content (AvgIpc) is 2.70. The fourth-order valence-electron chi connectivity index (χ4n) is 3.47. The second kappa shape index (κ2) is 9.94. The number of carbonyl (C=O) groups excluding carboxylic acids is 1. The molecule has 29 heavy (non-hydrogen) atoms. The Bertz CT molecular complexity index is 873. The molecule has 0 saturated carbocycles. The van der Waals surface area contributed by atoms with Crippen molar-refractivity contribution >= 4 is 46.2 Å². The third kappa shape index (κ3) is 5.61. The van der Waals surface area contributed by atoms with Crippen LogP contribution in [-0.2, 0) is 0 Å². The number of nitrogens with zero attached hydrogens (tertiary/aromatic N) is 1. The van der Waals surface area contributed by atoms with Crippen molar-refractivity contribution in [2.75, 3.05) is 23.4 Å². The number of piperidine rings is 1. The summed E-state index contributed by atoms with van der Waals surface area (Å²) in [7, 11) is 0. The molecule has 154 valence electrons. The van der Waals surface area contributed by atoms with Gasteiger partial charge in [-0.2, -0.15) is 0 Å². The zero-order valence-electron chi connectivity index (χ0n) is 16.7. The number of anilines is 2. The molecule has 0 aromatic heterocycles. The van der Waals surface area contributed by atoms with E-state index in [2.05, 4.69) is 34.6 Å². The molecule has 2 aromatic carbocycles. The zero-order valence-corrected chi connectivity index (χ0v) is 18.3. The number of halogens is 1. The molecule has 0 aliphatic carbocycles. The molecule has 1 heterocycles. The summed E-state index contributed by atoms with van der Waals surface area (Å²) in [6.45, 7) is 5.74. The van der Waals surface area contributed by atoms with E-state index in [4.69, 9.17) is 28.6 Å². The van der Waals surface area contributed by atoms with Crippen LogP contribution in [0.2, 0.25) is 5.02 Å². The van der Waals surface area contributed by atoms with E-state index in [-0.39, 0.29) is 11.0 Å². The van der Waals surface area contributed by atoms with Crippen LogP contribution in [0, 0.1) is 0 Å². The van der Waals surface area contributed by atoms with Gasteiger partial charge < -0.3 is 15.0 Å². The van der Waals surface area contributed by atoms with E-state index in [0.717, 1.165) is 12.2 Å². The largest absolute Gasteiger partial charge is 0.492 e. The van der Waals surface area contributed by atoms with Crippen LogP contribution in [0.15, 0.2) is 42.5 Å². The lowest BCUT2D eigenvalue weighted by Crippen LogP contribution is -2.37. The van der Waals surface area contributed by atoms with Gasteiger partial charge in [0.15, 0.2) is 5.11 Å². The maximum absolute atomic E-state index is 12.4. The minimum absolute atomic E-state index is 0.235. The molecule has 0 spiro atoms. The number of hydrogen-bond acceptors (Lipinski definition) is 4. The molecule has 3 rings (SSSR count). The molecular formula is C22H26ClN3O2S. The predicted molar refractivity (Wildman–Crippen MR) is 123 cm³/mol. The van der Waals surface area contributed by atoms with E-state index >= 15 is 0 Å². The van der Waals surface area contributed by atoms with Crippen LogP contribution in [0.4, 0.5) is 11.4 Å². The maximum atomic E-state index is 12.4. The first-order chi connectivity index (χ1) is 14.0. The lowest BCUT2D eigenvalue weighted by Gasteiger charge is -2.35. The summed E-state index contributed by atoms with van der Waals surface area (Å²) in [4.78, 5) is 14.9. The monoisotopic (exact) mass is 431 g/mol. The molecule has 2 aromatic rings. The molecule has 2 N–H and O–H groups in total. The van der Waals surface area contributed by atoms with Gasteiger partial charge in [-0.15, -0.1) is 0 Å². The lowest BCUT2D eigenvalue weighted by atomic mass is 10.0. The van der Waals surface area contributed by atoms with Gasteiger partial charge in [0.25, 0.3) is 5.91 Å². The van der Waals surface area contributed by atoms with E-state index in [1.165, 1.54) is 24.9 Å². The summed E-state index contributed by atoms with van der Waals surface area (Å²) < 4.78 is 5.39. The summed E-state index contributed by atoms with van der Waals surface area (Å²) in [6.07, 6.45) is 3.76. The standard InChI is InChI=1S/C22H26ClN3O2S/c1-3-28-20-12-7-16(14-19(20)23)21(27)25-22(29)24-17-8-10-18(11-9-17)26-13-5-4-6-15(26)2/h7-12,14-15H,3-6,13H2,1-2H3,(H2,24,25,27,29)/t15-/m0/s1. The first-order valence-corrected chi connectivity index (χ1v) is 10.7. The van der Waals surface area contributed by atoms with Gasteiger partial charge in [-0.05, 0) is 87.8 Å². The summed E-state index contributed by atoms with van der Waals surface area (Å²) in [5, 5.41) is 6.36. The molecule has 1 amide bonds. The van der Waals surface area contributed by atoms with E-state index in [0.29, 0.717) is 29.0 Å². The van der Waals surface area contributed by atoms with Crippen molar-refractivity contribution < 1.29 is 9.53 Å². The number of nitrogens with one attached hydrogen (secondary N) is 2. The van der Waals surface area contributed by atoms with Crippen molar-refractivity contribution in [1.29, 1.82) is 0 Å². The lowest BCUT2D eigenvalue weighted by molar-refractivity contribution is 0.0977. The summed E-state index contributed by atoms with van der Waals surface area (Å²) in [6, 6.07) is 13.6. The van der Waals surface area contributed by atoms with Crippen molar-refractivity contribution in [3.05, 3.63) is 53.1 Å². The predicted octanol–water partition coefficient (Wildman–Crippen LogP) is 5.24. The Kier molecular flexibility index (Phi) is 7.34. The first kappa shape index (κ1) is 21.4. The molecule has 7 heteroatoms. The van der Waals surface area contributed by atoms with Gasteiger partial charge in [0.2, 0.25) is 0 Å². The molecule has 1 atom stereocenters. The Morgan fingerprint density at radius 2 is 2.00 bits per heavy atom. The van der Waals surface area contributed by atoms with Gasteiger partial charge in [-0.3, -0.25) is 10.1 Å². The number of thiocarbonyl (C=S) groups is 1. The highest BCUT2D eigenvalue weighted by atomic mass is 35.5. The van der Waals surface area contributed by atoms with Gasteiger partial charge in [0.1, 0.15) is 5.75 Å². The van der Waals surface area contributed by atoms with E-state index in [9.17, 15) is 4.79 Å². The number of benzene rings is 2. The number of rotatable bonds is 5. The second-order valence-electron chi connectivity index (χ2n) is 7.07. The number of amides is 1. The molecule has 1 fully saturated rings. The van der Waals surface area contributed by atoms with Crippen LogP contribution in [0.5, 0.6) is 5.75 Å². The Morgan fingerprint density at radius 3 is 2.66 bits per heavy atom. The zero-order chi connectivity index (χ0) is 20.8. The van der Waals surface area contributed by atoms with Crippen LogP contribution in [0.1, 0.15) is 43.5 Å². The van der Waals surface area contributed by atoms with Crippen LogP contribution in [-0.4, -0.2) is 30.2 Å². The molecule has 1 aliphatic heterocycles. The van der Waals surface area contributed by atoms with Gasteiger partial charge in [0.05, 0.1) is 11.6 Å². The van der Waals surface area contributed by atoms with Crippen LogP contribution < -0.4 is 20.3 Å². The SMILES string of the molecule is CCOc1ccc(C(=O)NC(=S)Nc2ccc(N3CCCC[C@@H]3C)cc2)cc1Cl. The van der Waals surface area contributed by atoms with Crippen LogP contribution >= 0.6 is 23.8 Å². The molecule has 0 radical (unpaired) electrons. The fraction of sp³-hybridized carbons (Fsp3) is 0.364. The fourth-order valence-corrected chi connectivity index (χ4v) is 3.92. The molecular weight excluding hydrogens is 406 g/mol. The van der Waals surface area contributed by atoms with E-state index in [1.54, 1.807) is 18.2 Å². The number of hydrogen-bond donors (Lipinski definition) is 2. The Labute approximate surface area is 182 Å². The topological polar surface area (TPSA) is 53.6 Å². The normalized spacial score (nSPS) is 16.2. The number of carbonyl (C=O) groups is 1. The van der Waals surface area contributed by atoms with Crippen molar-refractivity contribution in [3.8, 4) is 5.75 Å². The van der Waals surface area contributed by atoms with Crippen molar-refractivity contribution in [2.24, 2.45) is 0 Å². The van der Waals surface area contributed by atoms with Crippen molar-refractivity contribution in [3.63, 3.8) is 0 Å². The molecule has 1 aliphatic rings. The molecule has 0 bridgehead atoms. The number of ether oxygens (including phenoxy) is 1. The quantitative estimate of drug-likeness (QED) is 0.633. The Morgan fingerprint density at radius 1 is 1.24 bits per heavy atom. The molecule has 0 unspecified atom stereocenters. The van der Waals surface area contributed by atoms with Gasteiger partial charge >= 0.3 is 0 Å². The van der Waals surface area contributed by atoms with Gasteiger partial charge in [-0.25, -0.2) is 0 Å². The van der Waals surface area contributed by atoms with Crippen LogP contribution in [0.3, 0.4) is 0 Å². The van der Waals surface area contributed by atoms with Gasteiger partial charge in [0, 0.05) is 29.5 Å². The summed E-state index contributed by atoms with van der Waals surface area (Å²) in [5.74, 6) is 0.223. The maximum Gasteiger partial charge on any atom is 0.257 e. The van der Waals surface area contributed by atoms with Crippen molar-refractivity contribution in [2.45, 2.75) is 39.2 Å². The third-order valence-electron chi connectivity index (χ3n) is 4.98. The average molecular weight is 432 g/mol.